The molecular weight excluding hydrogens is 162 g/mol. The van der Waals surface area contributed by atoms with Crippen molar-refractivity contribution in [2.45, 2.75) is 0 Å². The van der Waals surface area contributed by atoms with E-state index in [4.69, 9.17) is 0 Å². The molecule has 0 aromatic rings. The molecule has 0 fully saturated rings. The van der Waals surface area contributed by atoms with Crippen molar-refractivity contribution in [3.8, 4) is 0 Å². The maximum atomic E-state index is 9.61. The van der Waals surface area contributed by atoms with Gasteiger partial charge in [-0.25, -0.2) is 0 Å². The minimum Gasteiger partial charge on any atom is -0.259 e. The summed E-state index contributed by atoms with van der Waals surface area (Å²) in [7, 11) is 0. The lowest BCUT2D eigenvalue weighted by molar-refractivity contribution is -0.422. The van der Waals surface area contributed by atoms with Gasteiger partial charge in [0.05, 0.1) is 10.3 Å². The fourth-order valence-corrected chi connectivity index (χ4v) is 0.254. The number of nitro groups is 1. The number of alkyl halides is 1. The Morgan fingerprint density at radius 3 is 2.43 bits per heavy atom. The molecule has 0 radical (unpaired) electrons. The van der Waals surface area contributed by atoms with Gasteiger partial charge in [0.1, 0.15) is 0 Å². The highest BCUT2D eigenvalue weighted by Gasteiger charge is 1.99. The first-order chi connectivity index (χ1) is 3.18. The zero-order valence-electron chi connectivity index (χ0n) is 3.56. The van der Waals surface area contributed by atoms with Gasteiger partial charge in [0, 0.05) is 0 Å². The van der Waals surface area contributed by atoms with Gasteiger partial charge in [0.25, 0.3) is 0 Å². The summed E-state index contributed by atoms with van der Waals surface area (Å²) in [5.74, 6) is 0. The normalized spacial score (nSPS) is 8.14. The fraction of sp³-hybridized carbons (Fsp3) is 0.333. The summed E-state index contributed by atoms with van der Waals surface area (Å²) < 4.78 is 0. The van der Waals surface area contributed by atoms with Crippen molar-refractivity contribution < 1.29 is 4.92 Å². The van der Waals surface area contributed by atoms with Crippen LogP contribution in [0, 0.1) is 10.1 Å². The molecule has 0 bridgehead atoms. The Kier molecular flexibility index (Phi) is 2.59. The van der Waals surface area contributed by atoms with Crippen LogP contribution in [0.1, 0.15) is 0 Å². The molecule has 4 heteroatoms. The van der Waals surface area contributed by atoms with Crippen molar-refractivity contribution in [2.75, 3.05) is 5.33 Å². The molecular formula is C3H4BrNO2. The Bertz CT molecular complexity index is 101. The second kappa shape index (κ2) is 2.74. The van der Waals surface area contributed by atoms with Crippen molar-refractivity contribution in [1.29, 1.82) is 0 Å². The first-order valence-corrected chi connectivity index (χ1v) is 2.68. The molecule has 0 atom stereocenters. The molecule has 0 aromatic heterocycles. The minimum atomic E-state index is -0.519. The quantitative estimate of drug-likeness (QED) is 0.351. The molecule has 0 heterocycles. The molecule has 0 amide bonds. The molecule has 40 valence electrons. The number of rotatable bonds is 2. The van der Waals surface area contributed by atoms with E-state index in [9.17, 15) is 10.1 Å². The molecule has 0 aliphatic heterocycles. The molecule has 0 unspecified atom stereocenters. The SMILES string of the molecule is C=C(CBr)[N+](=O)[O-]. The Labute approximate surface area is 49.3 Å². The molecule has 0 aliphatic rings. The minimum absolute atomic E-state index is 0.0139. The van der Waals surface area contributed by atoms with Gasteiger partial charge in [-0.05, 0) is 6.58 Å². The lowest BCUT2D eigenvalue weighted by Gasteiger charge is -1.83. The van der Waals surface area contributed by atoms with Crippen molar-refractivity contribution >= 4 is 15.9 Å². The maximum absolute atomic E-state index is 9.61. The predicted octanol–water partition coefficient (Wildman–Crippen LogP) is 1.17. The lowest BCUT2D eigenvalue weighted by atomic mass is 10.6. The highest BCUT2D eigenvalue weighted by atomic mass is 79.9. The highest BCUT2D eigenvalue weighted by Crippen LogP contribution is 1.94. The van der Waals surface area contributed by atoms with Gasteiger partial charge in [0.2, 0.25) is 5.70 Å². The summed E-state index contributed by atoms with van der Waals surface area (Å²) in [5.41, 5.74) is -0.0139. The molecule has 0 aliphatic carbocycles. The van der Waals surface area contributed by atoms with E-state index in [0.29, 0.717) is 0 Å². The molecule has 0 aromatic carbocycles. The monoisotopic (exact) mass is 165 g/mol. The van der Waals surface area contributed by atoms with Crippen LogP contribution in [0.15, 0.2) is 12.3 Å². The van der Waals surface area contributed by atoms with Crippen LogP contribution in [0.4, 0.5) is 0 Å². The predicted molar refractivity (Wildman–Crippen MR) is 29.9 cm³/mol. The number of halogens is 1. The summed E-state index contributed by atoms with van der Waals surface area (Å²) >= 11 is 2.87. The van der Waals surface area contributed by atoms with Gasteiger partial charge < -0.3 is 0 Å². The number of hydrogen-bond acceptors (Lipinski definition) is 2. The third kappa shape index (κ3) is 2.33. The molecule has 0 spiro atoms. The van der Waals surface area contributed by atoms with Crippen LogP contribution in [0.25, 0.3) is 0 Å². The van der Waals surface area contributed by atoms with E-state index in [1.807, 2.05) is 0 Å². The molecule has 3 nitrogen and oxygen atoms in total. The van der Waals surface area contributed by atoms with E-state index in [-0.39, 0.29) is 11.0 Å². The molecule has 7 heavy (non-hydrogen) atoms. The zero-order chi connectivity index (χ0) is 5.86. The second-order valence-electron chi connectivity index (χ2n) is 0.957. The summed E-state index contributed by atoms with van der Waals surface area (Å²) in [6.07, 6.45) is 0. The van der Waals surface area contributed by atoms with E-state index in [1.54, 1.807) is 0 Å². The van der Waals surface area contributed by atoms with Crippen LogP contribution < -0.4 is 0 Å². The van der Waals surface area contributed by atoms with Crippen LogP contribution in [0.2, 0.25) is 0 Å². The smallest absolute Gasteiger partial charge is 0.249 e. The first-order valence-electron chi connectivity index (χ1n) is 1.56. The van der Waals surface area contributed by atoms with Crippen LogP contribution >= 0.6 is 15.9 Å². The maximum Gasteiger partial charge on any atom is 0.249 e. The van der Waals surface area contributed by atoms with Crippen LogP contribution in [-0.4, -0.2) is 10.3 Å². The van der Waals surface area contributed by atoms with Crippen LogP contribution in [-0.2, 0) is 0 Å². The Balaban J connectivity index is 3.58. The molecule has 0 rings (SSSR count). The fourth-order valence-electron chi connectivity index (χ4n) is 0.0488. The summed E-state index contributed by atoms with van der Waals surface area (Å²) in [5, 5.41) is 9.84. The van der Waals surface area contributed by atoms with Crippen molar-refractivity contribution in [3.05, 3.63) is 22.4 Å². The summed E-state index contributed by atoms with van der Waals surface area (Å²) in [6, 6.07) is 0. The van der Waals surface area contributed by atoms with Crippen molar-refractivity contribution in [1.82, 2.24) is 0 Å². The highest BCUT2D eigenvalue weighted by molar-refractivity contribution is 9.09. The van der Waals surface area contributed by atoms with E-state index in [1.165, 1.54) is 0 Å². The Morgan fingerprint density at radius 1 is 2.00 bits per heavy atom. The van der Waals surface area contributed by atoms with E-state index in [2.05, 4.69) is 22.5 Å². The van der Waals surface area contributed by atoms with E-state index < -0.39 is 4.92 Å². The average molecular weight is 166 g/mol. The topological polar surface area (TPSA) is 43.1 Å². The molecule has 0 saturated carbocycles. The Hall–Kier alpha value is -0.380. The average Bonchev–Trinajstić information content (AvgIpc) is 1.65. The largest absolute Gasteiger partial charge is 0.259 e. The van der Waals surface area contributed by atoms with Crippen molar-refractivity contribution in [3.63, 3.8) is 0 Å². The third-order valence-corrected chi connectivity index (χ3v) is 1.06. The number of allylic oxidation sites excluding steroid dienone is 1. The van der Waals surface area contributed by atoms with Gasteiger partial charge in [-0.3, -0.25) is 10.1 Å². The van der Waals surface area contributed by atoms with Crippen LogP contribution in [0.5, 0.6) is 0 Å². The zero-order valence-corrected chi connectivity index (χ0v) is 5.14. The molecule has 0 saturated heterocycles. The van der Waals surface area contributed by atoms with Gasteiger partial charge in [-0.15, -0.1) is 0 Å². The van der Waals surface area contributed by atoms with E-state index >= 15 is 0 Å². The first kappa shape index (κ1) is 6.62. The summed E-state index contributed by atoms with van der Waals surface area (Å²) in [4.78, 5) is 9.09. The van der Waals surface area contributed by atoms with Crippen LogP contribution in [0.3, 0.4) is 0 Å². The van der Waals surface area contributed by atoms with Crippen molar-refractivity contribution in [2.24, 2.45) is 0 Å². The Morgan fingerprint density at radius 2 is 2.43 bits per heavy atom. The van der Waals surface area contributed by atoms with Gasteiger partial charge in [-0.2, -0.15) is 0 Å². The number of nitrogens with zero attached hydrogens (tertiary/aromatic N) is 1. The standard InChI is InChI=1S/C3H4BrNO2/c1-3(2-4)5(6)7/h1-2H2. The van der Waals surface area contributed by atoms with Gasteiger partial charge in [-0.1, -0.05) is 15.9 Å². The molecule has 0 N–H and O–H groups in total. The lowest BCUT2D eigenvalue weighted by Crippen LogP contribution is -1.96. The van der Waals surface area contributed by atoms with Gasteiger partial charge in [0.15, 0.2) is 0 Å². The second-order valence-corrected chi connectivity index (χ2v) is 1.52. The van der Waals surface area contributed by atoms with Gasteiger partial charge >= 0.3 is 0 Å². The van der Waals surface area contributed by atoms with E-state index in [0.717, 1.165) is 0 Å². The third-order valence-electron chi connectivity index (χ3n) is 0.412. The summed E-state index contributed by atoms with van der Waals surface area (Å²) in [6.45, 7) is 3.13. The number of hydrogen-bond donors (Lipinski definition) is 0.